The van der Waals surface area contributed by atoms with Crippen LogP contribution in [0.15, 0.2) is 54.6 Å². The Labute approximate surface area is 259 Å². The number of aliphatic hydroxyl groups is 1. The van der Waals surface area contributed by atoms with Gasteiger partial charge < -0.3 is 28.8 Å². The summed E-state index contributed by atoms with van der Waals surface area (Å²) >= 11 is 0.892. The van der Waals surface area contributed by atoms with Gasteiger partial charge in [0.25, 0.3) is 5.78 Å². The number of carbonyl (C=O) groups is 3. The lowest BCUT2D eigenvalue weighted by atomic mass is 9.94. The highest BCUT2D eigenvalue weighted by Gasteiger charge is 2.49. The minimum atomic E-state index is -1.18. The Hall–Kier alpha value is -4.84. The van der Waals surface area contributed by atoms with Gasteiger partial charge in [0.15, 0.2) is 16.6 Å². The number of unbranched alkanes of at least 4 members (excludes halogenated alkanes) is 1. The van der Waals surface area contributed by atoms with Crippen LogP contribution in [0.1, 0.15) is 52.3 Å². The minimum absolute atomic E-state index is 0.0112. The topological polar surface area (TPSA) is 134 Å². The van der Waals surface area contributed by atoms with E-state index in [9.17, 15) is 19.5 Å². The number of aryl methyl sites for hydroxylation is 1. The Morgan fingerprint density at radius 3 is 2.43 bits per heavy atom. The van der Waals surface area contributed by atoms with E-state index < -0.39 is 29.5 Å². The molecule has 44 heavy (non-hydrogen) atoms. The lowest BCUT2D eigenvalue weighted by Gasteiger charge is -2.24. The van der Waals surface area contributed by atoms with Crippen LogP contribution in [-0.4, -0.2) is 62.3 Å². The molecule has 1 aliphatic rings. The zero-order chi connectivity index (χ0) is 32.0. The first-order chi connectivity index (χ1) is 21.2. The average molecular weight is 623 g/mol. The zero-order valence-corrected chi connectivity index (χ0v) is 26.0. The van der Waals surface area contributed by atoms with Crippen LogP contribution in [0.2, 0.25) is 0 Å². The number of carbonyl (C=O) groups excluding carboxylic acids is 3. The molecule has 0 bridgehead atoms. The summed E-state index contributed by atoms with van der Waals surface area (Å²) in [6.45, 7) is 7.66. The zero-order valence-electron chi connectivity index (χ0n) is 25.2. The quantitative estimate of drug-likeness (QED) is 0.0639. The van der Waals surface area contributed by atoms with Crippen molar-refractivity contribution in [1.82, 2.24) is 4.98 Å². The van der Waals surface area contributed by atoms with Crippen molar-refractivity contribution in [3.8, 4) is 23.0 Å². The molecule has 2 aromatic carbocycles. The second-order valence-electron chi connectivity index (χ2n) is 9.66. The molecule has 0 saturated carbocycles. The maximum Gasteiger partial charge on any atom is 0.350 e. The second-order valence-corrected chi connectivity index (χ2v) is 10.6. The van der Waals surface area contributed by atoms with E-state index in [0.29, 0.717) is 29.4 Å². The number of Topliss-reactive ketones (excluding diaryl/α,β-unsaturated/α-hetero) is 1. The number of nitrogens with zero attached hydrogens (tertiary/aromatic N) is 2. The van der Waals surface area contributed by atoms with Crippen LogP contribution in [0.5, 0.6) is 23.0 Å². The van der Waals surface area contributed by atoms with Crippen molar-refractivity contribution in [2.75, 3.05) is 39.4 Å². The van der Waals surface area contributed by atoms with Gasteiger partial charge in [0.2, 0.25) is 5.75 Å². The molecule has 12 heteroatoms. The summed E-state index contributed by atoms with van der Waals surface area (Å²) in [6, 6.07) is 8.63. The van der Waals surface area contributed by atoms with Crippen LogP contribution >= 0.6 is 11.3 Å². The standard InChI is InChI=1S/C32H34N2O9S/c1-7-9-14-42-21-12-10-11-19(15-21)26(35)24-25(20-16-22(39-4)28(41-6)23(17-20)40-5)34(30(37)27(24)36)32-33-18(3)29(44-32)31(38)43-13-8-2/h8,10-12,15-17,25,35H,2,7,9,13-14H2,1,3-6H3. The fraction of sp³-hybridized carbons (Fsp3) is 0.312. The van der Waals surface area contributed by atoms with E-state index >= 15 is 0 Å². The first-order valence-electron chi connectivity index (χ1n) is 13.8. The molecule has 3 aromatic rings. The van der Waals surface area contributed by atoms with Crippen molar-refractivity contribution in [1.29, 1.82) is 0 Å². The molecule has 1 fully saturated rings. The number of aliphatic hydroxyl groups excluding tert-OH is 1. The van der Waals surface area contributed by atoms with E-state index in [2.05, 4.69) is 11.6 Å². The van der Waals surface area contributed by atoms with Crippen molar-refractivity contribution in [2.24, 2.45) is 0 Å². The van der Waals surface area contributed by atoms with Gasteiger partial charge in [-0.2, -0.15) is 0 Å². The van der Waals surface area contributed by atoms with Gasteiger partial charge in [0.1, 0.15) is 23.0 Å². The third-order valence-corrected chi connectivity index (χ3v) is 7.97. The minimum Gasteiger partial charge on any atom is -0.507 e. The largest absolute Gasteiger partial charge is 0.507 e. The van der Waals surface area contributed by atoms with Gasteiger partial charge in [-0.05, 0) is 43.2 Å². The van der Waals surface area contributed by atoms with E-state index in [4.69, 9.17) is 23.7 Å². The summed E-state index contributed by atoms with van der Waals surface area (Å²) in [5.41, 5.74) is 0.748. The molecule has 232 valence electrons. The van der Waals surface area contributed by atoms with Gasteiger partial charge in [-0.15, -0.1) is 0 Å². The Morgan fingerprint density at radius 2 is 1.82 bits per heavy atom. The number of thiazole rings is 1. The fourth-order valence-corrected chi connectivity index (χ4v) is 5.69. The number of amides is 1. The van der Waals surface area contributed by atoms with Crippen molar-refractivity contribution >= 4 is 39.9 Å². The van der Waals surface area contributed by atoms with Crippen molar-refractivity contribution in [3.05, 3.63) is 76.3 Å². The lowest BCUT2D eigenvalue weighted by Crippen LogP contribution is -2.29. The predicted molar refractivity (Wildman–Crippen MR) is 165 cm³/mol. The Bertz CT molecular complexity index is 1590. The van der Waals surface area contributed by atoms with Gasteiger partial charge >= 0.3 is 11.9 Å². The molecule has 4 rings (SSSR count). The van der Waals surface area contributed by atoms with Gasteiger partial charge in [0, 0.05) is 5.56 Å². The molecule has 0 radical (unpaired) electrons. The van der Waals surface area contributed by atoms with E-state index in [1.165, 1.54) is 27.4 Å². The molecule has 1 amide bonds. The summed E-state index contributed by atoms with van der Waals surface area (Å²) in [6.07, 6.45) is 3.22. The number of methoxy groups -OCH3 is 3. The van der Waals surface area contributed by atoms with Crippen LogP contribution in [0.4, 0.5) is 5.13 Å². The molecule has 0 spiro atoms. The summed E-state index contributed by atoms with van der Waals surface area (Å²) in [5.74, 6) is -1.62. The molecular formula is C32H34N2O9S. The number of aromatic nitrogens is 1. The van der Waals surface area contributed by atoms with Crippen LogP contribution in [0.25, 0.3) is 5.76 Å². The summed E-state index contributed by atoms with van der Waals surface area (Å²) in [7, 11) is 4.33. The van der Waals surface area contributed by atoms with Crippen LogP contribution < -0.4 is 23.8 Å². The summed E-state index contributed by atoms with van der Waals surface area (Å²) < 4.78 is 27.5. The third-order valence-electron chi connectivity index (χ3n) is 6.83. The number of hydrogen-bond acceptors (Lipinski definition) is 11. The molecule has 0 aliphatic carbocycles. The first-order valence-corrected chi connectivity index (χ1v) is 14.6. The molecule has 1 aliphatic heterocycles. The smallest absolute Gasteiger partial charge is 0.350 e. The van der Waals surface area contributed by atoms with E-state index in [1.54, 1.807) is 43.3 Å². The number of anilines is 1. The van der Waals surface area contributed by atoms with Crippen molar-refractivity contribution < 1.29 is 43.2 Å². The number of hydrogen-bond donors (Lipinski definition) is 1. The third kappa shape index (κ3) is 6.25. The average Bonchev–Trinajstić information content (AvgIpc) is 3.54. The number of ether oxygens (including phenoxy) is 5. The number of esters is 1. The Morgan fingerprint density at radius 1 is 1.11 bits per heavy atom. The molecule has 1 saturated heterocycles. The molecule has 1 N–H and O–H groups in total. The van der Waals surface area contributed by atoms with Gasteiger partial charge in [-0.25, -0.2) is 9.78 Å². The Balaban J connectivity index is 1.93. The van der Waals surface area contributed by atoms with E-state index in [1.807, 2.05) is 6.92 Å². The van der Waals surface area contributed by atoms with Gasteiger partial charge in [-0.3, -0.25) is 14.5 Å². The summed E-state index contributed by atoms with van der Waals surface area (Å²) in [5, 5.41) is 11.7. The second kappa shape index (κ2) is 14.1. The molecule has 1 unspecified atom stereocenters. The number of rotatable bonds is 13. The molecule has 2 heterocycles. The predicted octanol–water partition coefficient (Wildman–Crippen LogP) is 5.63. The van der Waals surface area contributed by atoms with Gasteiger partial charge in [0.05, 0.1) is 45.2 Å². The Kier molecular flexibility index (Phi) is 10.3. The normalized spacial score (nSPS) is 15.7. The highest BCUT2D eigenvalue weighted by molar-refractivity contribution is 7.17. The maximum absolute atomic E-state index is 13.7. The SMILES string of the molecule is C=CCOC(=O)c1sc(N2C(=O)C(=O)C(=C(O)c3cccc(OCCCC)c3)C2c2cc(OC)c(OC)c(OC)c2)nc1C. The van der Waals surface area contributed by atoms with Crippen molar-refractivity contribution in [3.63, 3.8) is 0 Å². The van der Waals surface area contributed by atoms with Crippen molar-refractivity contribution in [2.45, 2.75) is 32.7 Å². The molecule has 11 nitrogen and oxygen atoms in total. The molecule has 1 aromatic heterocycles. The lowest BCUT2D eigenvalue weighted by molar-refractivity contribution is -0.132. The van der Waals surface area contributed by atoms with E-state index in [-0.39, 0.29) is 39.3 Å². The van der Waals surface area contributed by atoms with E-state index in [0.717, 1.165) is 29.1 Å². The first kappa shape index (κ1) is 32.1. The highest BCUT2D eigenvalue weighted by atomic mass is 32.1. The van der Waals surface area contributed by atoms with Crippen LogP contribution in [0, 0.1) is 6.92 Å². The molecular weight excluding hydrogens is 588 g/mol. The van der Waals surface area contributed by atoms with Gasteiger partial charge in [-0.1, -0.05) is 49.5 Å². The highest BCUT2D eigenvalue weighted by Crippen LogP contribution is 2.48. The maximum atomic E-state index is 13.7. The molecule has 1 atom stereocenters. The van der Waals surface area contributed by atoms with Crippen LogP contribution in [0.3, 0.4) is 0 Å². The van der Waals surface area contributed by atoms with Crippen LogP contribution in [-0.2, 0) is 14.3 Å². The summed E-state index contributed by atoms with van der Waals surface area (Å²) in [4.78, 5) is 45.9. The number of ketones is 1. The monoisotopic (exact) mass is 622 g/mol. The number of benzene rings is 2. The fourth-order valence-electron chi connectivity index (χ4n) is 4.70.